The molecule has 0 aliphatic heterocycles. The van der Waals surface area contributed by atoms with Crippen LogP contribution in [-0.4, -0.2) is 225 Å². The Morgan fingerprint density at radius 1 is 0.292 bits per heavy atom. The van der Waals surface area contributed by atoms with Crippen molar-refractivity contribution in [2.45, 2.75) is 116 Å². The number of Topliss-reactive ketones (excluding diaryl/α,β-unsaturated/α-hetero) is 1. The molecular weight excluding hydrogens is 973 g/mol. The van der Waals surface area contributed by atoms with Crippen LogP contribution in [0.3, 0.4) is 0 Å². The highest BCUT2D eigenvalue weighted by atomic mass is 28.4. The molecule has 432 valence electrons. The second kappa shape index (κ2) is 55.1. The lowest BCUT2D eigenvalue weighted by Gasteiger charge is -2.30. The molecule has 0 aliphatic rings. The van der Waals surface area contributed by atoms with Gasteiger partial charge in [-0.05, 0) is 38.5 Å². The molecule has 0 heterocycles. The predicted octanol–water partition coefficient (Wildman–Crippen LogP) is 7.24. The zero-order valence-corrected chi connectivity index (χ0v) is 48.7. The van der Waals surface area contributed by atoms with E-state index in [2.05, 4.69) is 13.8 Å². The van der Waals surface area contributed by atoms with Crippen molar-refractivity contribution in [3.05, 3.63) is 0 Å². The van der Waals surface area contributed by atoms with E-state index < -0.39 is 17.6 Å². The number of hydrogen-bond acceptors (Lipinski definition) is 19. The lowest BCUT2D eigenvalue weighted by atomic mass is 9.83. The van der Waals surface area contributed by atoms with Crippen molar-refractivity contribution in [1.82, 2.24) is 0 Å². The normalized spacial score (nSPS) is 13.1. The molecule has 0 bridgehead atoms. The van der Waals surface area contributed by atoms with Gasteiger partial charge in [0.05, 0.1) is 159 Å². The Balaban J connectivity index is 5.17. The standard InChI is InChI=1S/C51H106O19Si2/c1-9-49(21-17-13-11-15-19-47-71(65-41-35-59-29-23-53-3,66-42-36-60-30-24-54-4)67-43-37-61-31-25-55-5)51(52)50(10-2)22-18-14-12-16-20-48-72(68-44-38-62-32-26-56-6,69-45-39-63-33-27-57-7)70-46-40-64-34-28-58-8/h49-50H,9-48H2,1-8H3. The average Bonchev–Trinajstić information content (AvgIpc) is 3.39. The van der Waals surface area contributed by atoms with Gasteiger partial charge in [-0.15, -0.1) is 0 Å². The van der Waals surface area contributed by atoms with Crippen molar-refractivity contribution in [3.63, 3.8) is 0 Å². The fraction of sp³-hybridized carbons (Fsp3) is 0.980. The van der Waals surface area contributed by atoms with E-state index in [9.17, 15) is 4.79 Å². The molecule has 19 nitrogen and oxygen atoms in total. The van der Waals surface area contributed by atoms with Crippen molar-refractivity contribution < 1.29 is 88.2 Å². The Hall–Kier alpha value is -0.616. The fourth-order valence-electron chi connectivity index (χ4n) is 7.64. The number of hydrogen-bond donors (Lipinski definition) is 0. The van der Waals surface area contributed by atoms with Gasteiger partial charge < -0.3 is 83.4 Å². The first-order valence-corrected chi connectivity index (χ1v) is 31.0. The second-order valence-electron chi connectivity index (χ2n) is 17.3. The largest absolute Gasteiger partial charge is 0.501 e. The highest BCUT2D eigenvalue weighted by Gasteiger charge is 2.42. The van der Waals surface area contributed by atoms with Crippen molar-refractivity contribution in [3.8, 4) is 0 Å². The van der Waals surface area contributed by atoms with Crippen LogP contribution in [0.4, 0.5) is 0 Å². The van der Waals surface area contributed by atoms with Gasteiger partial charge in [-0.25, -0.2) is 0 Å². The van der Waals surface area contributed by atoms with Gasteiger partial charge in [0, 0.05) is 66.6 Å². The number of ketones is 1. The van der Waals surface area contributed by atoms with Crippen LogP contribution in [0.15, 0.2) is 0 Å². The molecule has 0 aromatic rings. The van der Waals surface area contributed by atoms with Crippen LogP contribution in [0.1, 0.15) is 104 Å². The van der Waals surface area contributed by atoms with Crippen LogP contribution >= 0.6 is 0 Å². The van der Waals surface area contributed by atoms with Gasteiger partial charge in [0.2, 0.25) is 0 Å². The minimum Gasteiger partial charge on any atom is -0.382 e. The number of rotatable bonds is 62. The number of ether oxygens (including phenoxy) is 12. The minimum absolute atomic E-state index is 0.104. The number of unbranched alkanes of at least 4 members (excludes halogenated alkanes) is 8. The average molecular weight is 1080 g/mol. The third-order valence-electron chi connectivity index (χ3n) is 11.8. The molecule has 0 spiro atoms. The Kier molecular flexibility index (Phi) is 54.7. The van der Waals surface area contributed by atoms with E-state index >= 15 is 0 Å². The Morgan fingerprint density at radius 3 is 0.722 bits per heavy atom. The maximum Gasteiger partial charge on any atom is 0.501 e. The first kappa shape index (κ1) is 71.4. The van der Waals surface area contributed by atoms with E-state index in [0.29, 0.717) is 176 Å². The topological polar surface area (TPSA) is 183 Å². The summed E-state index contributed by atoms with van der Waals surface area (Å²) in [6, 6.07) is 1.36. The summed E-state index contributed by atoms with van der Waals surface area (Å²) in [6.07, 6.45) is 13.8. The van der Waals surface area contributed by atoms with Gasteiger partial charge >= 0.3 is 17.6 Å². The van der Waals surface area contributed by atoms with Crippen LogP contribution in [0.2, 0.25) is 12.1 Å². The summed E-state index contributed by atoms with van der Waals surface area (Å²) in [4.78, 5) is 13.9. The van der Waals surface area contributed by atoms with E-state index in [4.69, 9.17) is 83.4 Å². The Bertz CT molecular complexity index is 945. The summed E-state index contributed by atoms with van der Waals surface area (Å²) in [5, 5.41) is 0. The number of carbonyl (C=O) groups excluding carboxylic acids is 1. The van der Waals surface area contributed by atoms with Gasteiger partial charge in [0.15, 0.2) is 0 Å². The van der Waals surface area contributed by atoms with Crippen molar-refractivity contribution >= 4 is 23.4 Å². The van der Waals surface area contributed by atoms with E-state index in [1.54, 1.807) is 42.7 Å². The molecule has 0 saturated heterocycles. The molecule has 0 fully saturated rings. The molecule has 2 atom stereocenters. The van der Waals surface area contributed by atoms with Gasteiger partial charge in [0.1, 0.15) is 5.78 Å². The van der Waals surface area contributed by atoms with Gasteiger partial charge in [-0.2, -0.15) is 0 Å². The summed E-state index contributed by atoms with van der Waals surface area (Å²) in [5.74, 6) is 0.650. The molecule has 0 saturated carbocycles. The highest BCUT2D eigenvalue weighted by molar-refractivity contribution is 6.61. The maximum atomic E-state index is 13.9. The third-order valence-corrected chi connectivity index (χ3v) is 17.5. The van der Waals surface area contributed by atoms with Crippen LogP contribution in [0.5, 0.6) is 0 Å². The zero-order chi connectivity index (χ0) is 52.7. The van der Waals surface area contributed by atoms with Crippen LogP contribution in [0.25, 0.3) is 0 Å². The van der Waals surface area contributed by atoms with Gasteiger partial charge in [-0.1, -0.05) is 65.2 Å². The van der Waals surface area contributed by atoms with Crippen LogP contribution in [0, 0.1) is 11.8 Å². The molecule has 0 amide bonds. The number of carbonyl (C=O) groups is 1. The molecule has 2 unspecified atom stereocenters. The quantitative estimate of drug-likeness (QED) is 0.0438. The molecular formula is C51H106O19Si2. The smallest absolute Gasteiger partial charge is 0.382 e. The molecule has 21 heteroatoms. The van der Waals surface area contributed by atoms with Crippen LogP contribution in [-0.2, 0) is 88.2 Å². The second-order valence-corrected chi connectivity index (χ2v) is 22.8. The zero-order valence-electron chi connectivity index (χ0n) is 46.7. The molecule has 0 radical (unpaired) electrons. The van der Waals surface area contributed by atoms with Crippen molar-refractivity contribution in [1.29, 1.82) is 0 Å². The summed E-state index contributed by atoms with van der Waals surface area (Å²) in [7, 11) is 3.72. The van der Waals surface area contributed by atoms with E-state index in [1.807, 2.05) is 0 Å². The Morgan fingerprint density at radius 2 is 0.500 bits per heavy atom. The lowest BCUT2D eigenvalue weighted by molar-refractivity contribution is -0.127. The molecule has 72 heavy (non-hydrogen) atoms. The van der Waals surface area contributed by atoms with Gasteiger partial charge in [0.25, 0.3) is 0 Å². The van der Waals surface area contributed by atoms with Gasteiger partial charge in [-0.3, -0.25) is 4.79 Å². The first-order valence-electron chi connectivity index (χ1n) is 27.1. The van der Waals surface area contributed by atoms with Crippen molar-refractivity contribution in [2.24, 2.45) is 11.8 Å². The Labute approximate surface area is 439 Å². The van der Waals surface area contributed by atoms with E-state index in [1.165, 1.54) is 0 Å². The summed E-state index contributed by atoms with van der Waals surface area (Å²) in [6.45, 7) is 15.0. The molecule has 0 aromatic carbocycles. The molecule has 0 N–H and O–H groups in total. The summed E-state index contributed by atoms with van der Waals surface area (Å²) < 4.78 is 103. The fourth-order valence-corrected chi connectivity index (χ4v) is 12.7. The molecule has 0 aromatic heterocycles. The number of methoxy groups -OCH3 is 6. The monoisotopic (exact) mass is 1080 g/mol. The summed E-state index contributed by atoms with van der Waals surface area (Å²) in [5.41, 5.74) is 0. The molecule has 0 aliphatic carbocycles. The van der Waals surface area contributed by atoms with E-state index in [0.717, 1.165) is 89.9 Å². The molecule has 0 rings (SSSR count). The van der Waals surface area contributed by atoms with E-state index in [-0.39, 0.29) is 11.8 Å². The SMILES string of the molecule is CCC(CCCCCCC[Si](OCCOCCOC)(OCCOCCOC)OCCOCCOC)C(=O)C(CC)CCCCCCC[Si](OCCOCCOC)(OCCOCCOC)OCCOCCOC. The first-order chi connectivity index (χ1) is 35.4. The summed E-state index contributed by atoms with van der Waals surface area (Å²) >= 11 is 0. The van der Waals surface area contributed by atoms with Crippen molar-refractivity contribution in [2.75, 3.05) is 201 Å². The lowest BCUT2D eigenvalue weighted by Crippen LogP contribution is -2.48. The maximum absolute atomic E-state index is 13.9. The highest BCUT2D eigenvalue weighted by Crippen LogP contribution is 2.27. The third kappa shape index (κ3) is 42.5. The minimum atomic E-state index is -3.09. The van der Waals surface area contributed by atoms with Crippen LogP contribution < -0.4 is 0 Å². The predicted molar refractivity (Wildman–Crippen MR) is 281 cm³/mol.